The molecule has 0 spiro atoms. The molecule has 15 heavy (non-hydrogen) atoms. The van der Waals surface area contributed by atoms with Crippen LogP contribution in [-0.4, -0.2) is 24.9 Å². The number of aliphatic hydroxyl groups excluding tert-OH is 1. The standard InChI is InChI=1S/C11H17NO3/c1-2-14-11-8-9(4-5-10(11)12)15-7-3-6-13/h4-5,8,13H,2-3,6-7,12H2,1H3. The second-order valence-corrected chi connectivity index (χ2v) is 3.06. The highest BCUT2D eigenvalue weighted by Gasteiger charge is 2.02. The van der Waals surface area contributed by atoms with Crippen molar-refractivity contribution in [1.82, 2.24) is 0 Å². The van der Waals surface area contributed by atoms with Gasteiger partial charge in [0, 0.05) is 19.1 Å². The van der Waals surface area contributed by atoms with E-state index in [0.29, 0.717) is 36.8 Å². The van der Waals surface area contributed by atoms with Gasteiger partial charge in [-0.05, 0) is 19.1 Å². The number of rotatable bonds is 6. The predicted molar refractivity (Wildman–Crippen MR) is 59.2 cm³/mol. The van der Waals surface area contributed by atoms with Crippen molar-refractivity contribution >= 4 is 5.69 Å². The molecule has 84 valence electrons. The molecule has 1 aromatic rings. The third-order valence-electron chi connectivity index (χ3n) is 1.86. The van der Waals surface area contributed by atoms with Crippen molar-refractivity contribution in [2.45, 2.75) is 13.3 Å². The Morgan fingerprint density at radius 3 is 2.80 bits per heavy atom. The van der Waals surface area contributed by atoms with E-state index in [9.17, 15) is 0 Å². The Kier molecular flexibility index (Phi) is 4.77. The molecule has 0 aliphatic rings. The molecule has 0 saturated heterocycles. The Bertz CT molecular complexity index is 302. The van der Waals surface area contributed by atoms with Crippen LogP contribution in [0.1, 0.15) is 13.3 Å². The van der Waals surface area contributed by atoms with E-state index in [1.165, 1.54) is 0 Å². The summed E-state index contributed by atoms with van der Waals surface area (Å²) in [6.45, 7) is 3.10. The minimum atomic E-state index is 0.132. The number of hydrogen-bond acceptors (Lipinski definition) is 4. The first kappa shape index (κ1) is 11.7. The van der Waals surface area contributed by atoms with Gasteiger partial charge in [0.2, 0.25) is 0 Å². The lowest BCUT2D eigenvalue weighted by Crippen LogP contribution is -2.01. The maximum atomic E-state index is 8.60. The van der Waals surface area contributed by atoms with Crippen LogP contribution in [0, 0.1) is 0 Å². The fourth-order valence-electron chi connectivity index (χ4n) is 1.14. The largest absolute Gasteiger partial charge is 0.493 e. The predicted octanol–water partition coefficient (Wildman–Crippen LogP) is 1.43. The lowest BCUT2D eigenvalue weighted by molar-refractivity contribution is 0.233. The highest BCUT2D eigenvalue weighted by molar-refractivity contribution is 5.55. The van der Waals surface area contributed by atoms with Crippen molar-refractivity contribution in [2.75, 3.05) is 25.6 Å². The normalized spacial score (nSPS) is 10.0. The fourth-order valence-corrected chi connectivity index (χ4v) is 1.14. The van der Waals surface area contributed by atoms with E-state index in [1.807, 2.05) is 6.92 Å². The van der Waals surface area contributed by atoms with Gasteiger partial charge in [-0.2, -0.15) is 0 Å². The van der Waals surface area contributed by atoms with Gasteiger partial charge in [-0.15, -0.1) is 0 Å². The van der Waals surface area contributed by atoms with Gasteiger partial charge in [0.1, 0.15) is 11.5 Å². The lowest BCUT2D eigenvalue weighted by atomic mass is 10.3. The zero-order valence-electron chi connectivity index (χ0n) is 8.90. The zero-order valence-corrected chi connectivity index (χ0v) is 8.90. The number of hydrogen-bond donors (Lipinski definition) is 2. The van der Waals surface area contributed by atoms with Gasteiger partial charge in [-0.25, -0.2) is 0 Å². The molecule has 0 aliphatic heterocycles. The first-order chi connectivity index (χ1) is 7.27. The van der Waals surface area contributed by atoms with E-state index in [-0.39, 0.29) is 6.61 Å². The van der Waals surface area contributed by atoms with Gasteiger partial charge >= 0.3 is 0 Å². The second kappa shape index (κ2) is 6.14. The molecule has 1 aromatic carbocycles. The van der Waals surface area contributed by atoms with Gasteiger partial charge < -0.3 is 20.3 Å². The summed E-state index contributed by atoms with van der Waals surface area (Å²) in [4.78, 5) is 0. The third kappa shape index (κ3) is 3.67. The topological polar surface area (TPSA) is 64.7 Å². The van der Waals surface area contributed by atoms with Crippen molar-refractivity contribution in [3.63, 3.8) is 0 Å². The summed E-state index contributed by atoms with van der Waals surface area (Å²) in [5.74, 6) is 1.35. The van der Waals surface area contributed by atoms with Crippen LogP contribution >= 0.6 is 0 Å². The van der Waals surface area contributed by atoms with Crippen LogP contribution in [-0.2, 0) is 0 Å². The molecular weight excluding hydrogens is 194 g/mol. The first-order valence-corrected chi connectivity index (χ1v) is 5.04. The molecule has 0 aliphatic carbocycles. The molecule has 0 amide bonds. The van der Waals surface area contributed by atoms with Crippen LogP contribution in [0.5, 0.6) is 11.5 Å². The Morgan fingerprint density at radius 1 is 1.33 bits per heavy atom. The summed E-state index contributed by atoms with van der Waals surface area (Å²) in [5.41, 5.74) is 6.31. The Balaban J connectivity index is 2.61. The number of ether oxygens (including phenoxy) is 2. The smallest absolute Gasteiger partial charge is 0.145 e. The average Bonchev–Trinajstić information content (AvgIpc) is 2.23. The van der Waals surface area contributed by atoms with Crippen molar-refractivity contribution in [1.29, 1.82) is 0 Å². The number of nitrogens with two attached hydrogens (primary N) is 1. The maximum absolute atomic E-state index is 8.60. The minimum absolute atomic E-state index is 0.132. The van der Waals surface area contributed by atoms with Gasteiger partial charge in [-0.3, -0.25) is 0 Å². The van der Waals surface area contributed by atoms with E-state index in [4.69, 9.17) is 20.3 Å². The van der Waals surface area contributed by atoms with Crippen molar-refractivity contribution in [3.8, 4) is 11.5 Å². The SMILES string of the molecule is CCOc1cc(OCCCO)ccc1N. The van der Waals surface area contributed by atoms with Crippen LogP contribution in [0.15, 0.2) is 18.2 Å². The van der Waals surface area contributed by atoms with Crippen molar-refractivity contribution in [2.24, 2.45) is 0 Å². The zero-order chi connectivity index (χ0) is 11.1. The van der Waals surface area contributed by atoms with Gasteiger partial charge in [0.05, 0.1) is 18.9 Å². The number of nitrogen functional groups attached to an aromatic ring is 1. The fraction of sp³-hybridized carbons (Fsp3) is 0.455. The van der Waals surface area contributed by atoms with Crippen LogP contribution in [0.3, 0.4) is 0 Å². The molecule has 0 radical (unpaired) electrons. The Labute approximate surface area is 89.6 Å². The molecule has 0 bridgehead atoms. The molecule has 0 saturated carbocycles. The molecule has 0 fully saturated rings. The number of benzene rings is 1. The van der Waals surface area contributed by atoms with E-state index < -0.39 is 0 Å². The highest BCUT2D eigenvalue weighted by Crippen LogP contribution is 2.26. The molecule has 4 heteroatoms. The minimum Gasteiger partial charge on any atom is -0.493 e. The van der Waals surface area contributed by atoms with Crippen LogP contribution < -0.4 is 15.2 Å². The monoisotopic (exact) mass is 211 g/mol. The third-order valence-corrected chi connectivity index (χ3v) is 1.86. The van der Waals surface area contributed by atoms with Gasteiger partial charge in [0.15, 0.2) is 0 Å². The average molecular weight is 211 g/mol. The summed E-state index contributed by atoms with van der Waals surface area (Å²) in [7, 11) is 0. The van der Waals surface area contributed by atoms with Gasteiger partial charge in [0.25, 0.3) is 0 Å². The molecule has 3 N–H and O–H groups in total. The van der Waals surface area contributed by atoms with Crippen LogP contribution in [0.4, 0.5) is 5.69 Å². The Morgan fingerprint density at radius 2 is 2.13 bits per heavy atom. The number of anilines is 1. The summed E-state index contributed by atoms with van der Waals surface area (Å²) >= 11 is 0. The van der Waals surface area contributed by atoms with Crippen LogP contribution in [0.25, 0.3) is 0 Å². The van der Waals surface area contributed by atoms with Crippen LogP contribution in [0.2, 0.25) is 0 Å². The van der Waals surface area contributed by atoms with Crippen molar-refractivity contribution in [3.05, 3.63) is 18.2 Å². The van der Waals surface area contributed by atoms with E-state index >= 15 is 0 Å². The molecule has 0 aromatic heterocycles. The Hall–Kier alpha value is -1.42. The quantitative estimate of drug-likeness (QED) is 0.552. The molecule has 4 nitrogen and oxygen atoms in total. The summed E-state index contributed by atoms with van der Waals surface area (Å²) in [6, 6.07) is 5.30. The maximum Gasteiger partial charge on any atom is 0.145 e. The van der Waals surface area contributed by atoms with E-state index in [0.717, 1.165) is 0 Å². The molecular formula is C11H17NO3. The summed E-state index contributed by atoms with van der Waals surface area (Å²) in [6.07, 6.45) is 0.619. The molecule has 0 heterocycles. The first-order valence-electron chi connectivity index (χ1n) is 5.04. The highest BCUT2D eigenvalue weighted by atomic mass is 16.5. The molecule has 0 atom stereocenters. The molecule has 1 rings (SSSR count). The van der Waals surface area contributed by atoms with E-state index in [1.54, 1.807) is 18.2 Å². The van der Waals surface area contributed by atoms with Gasteiger partial charge in [-0.1, -0.05) is 0 Å². The number of aliphatic hydroxyl groups is 1. The van der Waals surface area contributed by atoms with Crippen molar-refractivity contribution < 1.29 is 14.6 Å². The van der Waals surface area contributed by atoms with E-state index in [2.05, 4.69) is 0 Å². The summed E-state index contributed by atoms with van der Waals surface area (Å²) < 4.78 is 10.7. The lowest BCUT2D eigenvalue weighted by Gasteiger charge is -2.10. The molecule has 0 unspecified atom stereocenters. The second-order valence-electron chi connectivity index (χ2n) is 3.06. The summed E-state index contributed by atoms with van der Waals surface area (Å²) in [5, 5.41) is 8.60.